The fourth-order valence-corrected chi connectivity index (χ4v) is 2.76. The van der Waals surface area contributed by atoms with Gasteiger partial charge in [0, 0.05) is 6.04 Å². The summed E-state index contributed by atoms with van der Waals surface area (Å²) in [6, 6.07) is 0.915. The van der Waals surface area contributed by atoms with Crippen LogP contribution in [-0.2, 0) is 4.74 Å². The van der Waals surface area contributed by atoms with Gasteiger partial charge in [0.05, 0.1) is 18.8 Å². The van der Waals surface area contributed by atoms with Crippen molar-refractivity contribution in [3.63, 3.8) is 0 Å². The number of fused-ring (bicyclic) bond motifs is 2. The Morgan fingerprint density at radius 1 is 1.33 bits per heavy atom. The van der Waals surface area contributed by atoms with Gasteiger partial charge in [0.25, 0.3) is 0 Å². The molecule has 3 unspecified atom stereocenters. The molecule has 1 fully saturated rings. The van der Waals surface area contributed by atoms with E-state index >= 15 is 0 Å². The number of hydrogen-bond acceptors (Lipinski definition) is 3. The number of ether oxygens (including phenoxy) is 1. The van der Waals surface area contributed by atoms with Gasteiger partial charge in [0.2, 0.25) is 0 Å². The molecule has 0 radical (unpaired) electrons. The molecule has 0 aromatic rings. The van der Waals surface area contributed by atoms with E-state index in [2.05, 4.69) is 29.7 Å². The van der Waals surface area contributed by atoms with E-state index in [-0.39, 0.29) is 0 Å². The van der Waals surface area contributed by atoms with Crippen molar-refractivity contribution in [3.8, 4) is 0 Å². The molecule has 3 nitrogen and oxygen atoms in total. The minimum Gasteiger partial charge on any atom is -0.494 e. The molecule has 0 aromatic heterocycles. The van der Waals surface area contributed by atoms with Gasteiger partial charge in [-0.2, -0.15) is 0 Å². The third-order valence-electron chi connectivity index (χ3n) is 3.48. The molecule has 2 aliphatic heterocycles. The Morgan fingerprint density at radius 3 is 3.20 bits per heavy atom. The lowest BCUT2D eigenvalue weighted by Crippen LogP contribution is -2.36. The summed E-state index contributed by atoms with van der Waals surface area (Å²) >= 11 is 0. The second-order valence-electron chi connectivity index (χ2n) is 4.61. The molecule has 15 heavy (non-hydrogen) atoms. The Labute approximate surface area is 90.6 Å². The Balaban J connectivity index is 1.90. The molecule has 2 heterocycles. The van der Waals surface area contributed by atoms with Crippen LogP contribution in [0.25, 0.3) is 0 Å². The van der Waals surface area contributed by atoms with E-state index in [0.717, 1.165) is 12.4 Å². The maximum absolute atomic E-state index is 5.78. The number of hydrogen-bond donors (Lipinski definition) is 2. The van der Waals surface area contributed by atoms with Crippen molar-refractivity contribution in [1.82, 2.24) is 10.6 Å². The molecule has 2 N–H and O–H groups in total. The van der Waals surface area contributed by atoms with Crippen molar-refractivity contribution in [2.45, 2.75) is 44.4 Å². The van der Waals surface area contributed by atoms with Gasteiger partial charge in [-0.05, 0) is 37.8 Å². The van der Waals surface area contributed by atoms with Crippen LogP contribution in [0.3, 0.4) is 0 Å². The maximum atomic E-state index is 5.78. The molecule has 3 aliphatic rings. The zero-order valence-corrected chi connectivity index (χ0v) is 9.12. The summed E-state index contributed by atoms with van der Waals surface area (Å²) in [5.41, 5.74) is 1.47. The van der Waals surface area contributed by atoms with Crippen LogP contribution in [0.5, 0.6) is 0 Å². The molecule has 0 aromatic carbocycles. The second kappa shape index (κ2) is 3.65. The predicted molar refractivity (Wildman–Crippen MR) is 59.3 cm³/mol. The van der Waals surface area contributed by atoms with Gasteiger partial charge in [0.1, 0.15) is 5.76 Å². The lowest BCUT2D eigenvalue weighted by Gasteiger charge is -2.24. The van der Waals surface area contributed by atoms with E-state index in [1.807, 2.05) is 0 Å². The second-order valence-corrected chi connectivity index (χ2v) is 4.61. The maximum Gasteiger partial charge on any atom is 0.119 e. The third kappa shape index (κ3) is 1.60. The normalized spacial score (nSPS) is 39.4. The summed E-state index contributed by atoms with van der Waals surface area (Å²) < 4.78 is 5.78. The highest BCUT2D eigenvalue weighted by Gasteiger charge is 2.35. The smallest absolute Gasteiger partial charge is 0.119 e. The van der Waals surface area contributed by atoms with Gasteiger partial charge in [-0.1, -0.05) is 6.08 Å². The van der Waals surface area contributed by atoms with Crippen LogP contribution < -0.4 is 10.6 Å². The first-order valence-corrected chi connectivity index (χ1v) is 5.91. The predicted octanol–water partition coefficient (Wildman–Crippen LogP) is 1.29. The highest BCUT2D eigenvalue weighted by Crippen LogP contribution is 2.30. The van der Waals surface area contributed by atoms with Crippen LogP contribution in [-0.4, -0.2) is 24.9 Å². The van der Waals surface area contributed by atoms with E-state index in [9.17, 15) is 0 Å². The minimum atomic E-state index is 0.403. The molecule has 82 valence electrons. The Morgan fingerprint density at radius 2 is 2.27 bits per heavy atom. The lowest BCUT2D eigenvalue weighted by molar-refractivity contribution is 0.221. The summed E-state index contributed by atoms with van der Waals surface area (Å²) in [5.74, 6) is 1.12. The average Bonchev–Trinajstić information content (AvgIpc) is 2.48. The molecule has 1 saturated heterocycles. The molecule has 0 saturated carbocycles. The van der Waals surface area contributed by atoms with Crippen molar-refractivity contribution >= 4 is 0 Å². The molecule has 0 spiro atoms. The molecule has 0 amide bonds. The Kier molecular flexibility index (Phi) is 2.29. The first-order valence-electron chi connectivity index (χ1n) is 5.91. The van der Waals surface area contributed by atoms with E-state index < -0.39 is 0 Å². The summed E-state index contributed by atoms with van der Waals surface area (Å²) in [5, 5.41) is 7.10. The highest BCUT2D eigenvalue weighted by molar-refractivity contribution is 5.35. The number of rotatable bonds is 0. The standard InChI is InChI=1S/C12H18N2O/c1-8-13-10-5-6-11-9(12(10)14-8)4-2-3-7-15-11/h5-6,8,10,12-14H,2-4,7H2,1H3. The molecular formula is C12H18N2O. The van der Waals surface area contributed by atoms with Gasteiger partial charge in [0.15, 0.2) is 0 Å². The average molecular weight is 206 g/mol. The monoisotopic (exact) mass is 206 g/mol. The topological polar surface area (TPSA) is 33.3 Å². The molecular weight excluding hydrogens is 188 g/mol. The Hall–Kier alpha value is -0.800. The van der Waals surface area contributed by atoms with Crippen molar-refractivity contribution in [3.05, 3.63) is 23.5 Å². The zero-order chi connectivity index (χ0) is 10.3. The van der Waals surface area contributed by atoms with E-state index in [1.54, 1.807) is 0 Å². The van der Waals surface area contributed by atoms with Crippen LogP contribution in [0, 0.1) is 0 Å². The minimum absolute atomic E-state index is 0.403. The van der Waals surface area contributed by atoms with Crippen molar-refractivity contribution in [2.24, 2.45) is 0 Å². The van der Waals surface area contributed by atoms with Gasteiger partial charge < -0.3 is 4.74 Å². The van der Waals surface area contributed by atoms with Gasteiger partial charge in [-0.25, -0.2) is 0 Å². The first kappa shape index (κ1) is 9.43. The van der Waals surface area contributed by atoms with Crippen LogP contribution in [0.4, 0.5) is 0 Å². The first-order chi connectivity index (χ1) is 7.34. The van der Waals surface area contributed by atoms with Crippen LogP contribution in [0.1, 0.15) is 26.2 Å². The fraction of sp³-hybridized carbons (Fsp3) is 0.667. The summed E-state index contributed by atoms with van der Waals surface area (Å²) in [6.07, 6.45) is 8.40. The van der Waals surface area contributed by atoms with Gasteiger partial charge in [-0.3, -0.25) is 10.6 Å². The Bertz CT molecular complexity index is 322. The summed E-state index contributed by atoms with van der Waals surface area (Å²) in [4.78, 5) is 0. The molecule has 1 aliphatic carbocycles. The van der Waals surface area contributed by atoms with E-state index in [0.29, 0.717) is 18.2 Å². The summed E-state index contributed by atoms with van der Waals surface area (Å²) in [6.45, 7) is 3.05. The molecule has 3 rings (SSSR count). The van der Waals surface area contributed by atoms with Crippen LogP contribution in [0.2, 0.25) is 0 Å². The van der Waals surface area contributed by atoms with E-state index in [1.165, 1.54) is 24.8 Å². The third-order valence-corrected chi connectivity index (χ3v) is 3.48. The van der Waals surface area contributed by atoms with Gasteiger partial charge >= 0.3 is 0 Å². The zero-order valence-electron chi connectivity index (χ0n) is 9.12. The van der Waals surface area contributed by atoms with Crippen molar-refractivity contribution < 1.29 is 4.74 Å². The van der Waals surface area contributed by atoms with E-state index in [4.69, 9.17) is 4.74 Å². The van der Waals surface area contributed by atoms with Crippen molar-refractivity contribution in [2.75, 3.05) is 6.61 Å². The molecule has 3 heteroatoms. The van der Waals surface area contributed by atoms with Crippen LogP contribution in [0.15, 0.2) is 23.5 Å². The summed E-state index contributed by atoms with van der Waals surface area (Å²) in [7, 11) is 0. The molecule has 3 atom stereocenters. The van der Waals surface area contributed by atoms with Gasteiger partial charge in [-0.15, -0.1) is 0 Å². The van der Waals surface area contributed by atoms with Crippen molar-refractivity contribution in [1.29, 1.82) is 0 Å². The number of nitrogens with one attached hydrogen (secondary N) is 2. The quantitative estimate of drug-likeness (QED) is 0.626. The SMILES string of the molecule is CC1NC2C=CC3=C(CCCCO3)C2N1. The lowest BCUT2D eigenvalue weighted by atomic mass is 9.91. The number of allylic oxidation sites excluding steroid dienone is 1. The molecule has 0 bridgehead atoms. The highest BCUT2D eigenvalue weighted by atomic mass is 16.5. The van der Waals surface area contributed by atoms with Crippen LogP contribution >= 0.6 is 0 Å². The fourth-order valence-electron chi connectivity index (χ4n) is 2.76. The largest absolute Gasteiger partial charge is 0.494 e.